The average molecular weight is 266 g/mol. The number of rotatable bonds is 2. The quantitative estimate of drug-likeness (QED) is 0.764. The van der Waals surface area contributed by atoms with Gasteiger partial charge in [-0.15, -0.1) is 0 Å². The molecule has 2 aromatic rings. The van der Waals surface area contributed by atoms with Crippen molar-refractivity contribution in [1.29, 1.82) is 0 Å². The molecule has 0 unspecified atom stereocenters. The van der Waals surface area contributed by atoms with Crippen LogP contribution in [0.2, 0.25) is 0 Å². The third-order valence-corrected chi connectivity index (χ3v) is 4.56. The molecule has 0 N–H and O–H groups in total. The van der Waals surface area contributed by atoms with Crippen molar-refractivity contribution in [2.45, 2.75) is 32.6 Å². The highest BCUT2D eigenvalue weighted by atomic mass is 16.5. The van der Waals surface area contributed by atoms with E-state index in [0.29, 0.717) is 11.8 Å². The number of aryl methyl sites for hydroxylation is 2. The second kappa shape index (κ2) is 5.32. The van der Waals surface area contributed by atoms with Crippen LogP contribution in [0.3, 0.4) is 0 Å². The Morgan fingerprint density at radius 2 is 1.80 bits per heavy atom. The molecule has 0 aliphatic heterocycles. The molecule has 1 heteroatoms. The van der Waals surface area contributed by atoms with E-state index >= 15 is 0 Å². The number of hydrogen-bond acceptors (Lipinski definition) is 1. The van der Waals surface area contributed by atoms with E-state index in [-0.39, 0.29) is 0 Å². The molecule has 3 rings (SSSR count). The van der Waals surface area contributed by atoms with E-state index in [1.165, 1.54) is 28.7 Å². The van der Waals surface area contributed by atoms with Gasteiger partial charge in [-0.25, -0.2) is 0 Å². The van der Waals surface area contributed by atoms with Crippen LogP contribution in [0.5, 0.6) is 5.75 Å². The molecule has 1 nitrogen and oxygen atoms in total. The lowest BCUT2D eigenvalue weighted by atomic mass is 9.72. The minimum absolute atomic E-state index is 0.519. The molecule has 0 amide bonds. The maximum atomic E-state index is 5.36. The van der Waals surface area contributed by atoms with Gasteiger partial charge in [0, 0.05) is 5.92 Å². The Kier molecular flexibility index (Phi) is 3.52. The highest BCUT2D eigenvalue weighted by Crippen LogP contribution is 2.41. The highest BCUT2D eigenvalue weighted by molar-refractivity contribution is 5.44. The molecule has 0 heterocycles. The van der Waals surface area contributed by atoms with E-state index in [4.69, 9.17) is 4.74 Å². The van der Waals surface area contributed by atoms with Gasteiger partial charge in [0.2, 0.25) is 0 Å². The Bertz CT molecular complexity index is 598. The van der Waals surface area contributed by atoms with E-state index in [0.717, 1.165) is 12.2 Å². The summed E-state index contributed by atoms with van der Waals surface area (Å²) in [5, 5.41) is 0. The number of hydrogen-bond donors (Lipinski definition) is 0. The Hall–Kier alpha value is -1.76. The van der Waals surface area contributed by atoms with E-state index in [2.05, 4.69) is 56.3 Å². The lowest BCUT2D eigenvalue weighted by Crippen LogP contribution is -2.19. The summed E-state index contributed by atoms with van der Waals surface area (Å²) in [4.78, 5) is 0. The maximum absolute atomic E-state index is 5.36. The van der Waals surface area contributed by atoms with Crippen LogP contribution in [0.4, 0.5) is 0 Å². The number of benzene rings is 2. The molecule has 0 saturated carbocycles. The highest BCUT2D eigenvalue weighted by Gasteiger charge is 2.28. The third kappa shape index (κ3) is 2.33. The van der Waals surface area contributed by atoms with Gasteiger partial charge < -0.3 is 4.74 Å². The van der Waals surface area contributed by atoms with Gasteiger partial charge in [-0.1, -0.05) is 42.8 Å². The number of methoxy groups -OCH3 is 1. The van der Waals surface area contributed by atoms with Crippen molar-refractivity contribution in [3.8, 4) is 5.75 Å². The molecule has 0 radical (unpaired) electrons. The lowest BCUT2D eigenvalue weighted by Gasteiger charge is -2.32. The van der Waals surface area contributed by atoms with E-state index in [1.54, 1.807) is 7.11 Å². The van der Waals surface area contributed by atoms with Crippen LogP contribution in [0.15, 0.2) is 42.5 Å². The molecular weight excluding hydrogens is 244 g/mol. The Morgan fingerprint density at radius 1 is 1.05 bits per heavy atom. The van der Waals surface area contributed by atoms with Crippen molar-refractivity contribution in [2.24, 2.45) is 5.92 Å². The van der Waals surface area contributed by atoms with Gasteiger partial charge >= 0.3 is 0 Å². The molecule has 2 aromatic carbocycles. The molecular formula is C19H22O. The summed E-state index contributed by atoms with van der Waals surface area (Å²) in [6, 6.07) is 15.6. The first-order valence-electron chi connectivity index (χ1n) is 7.42. The van der Waals surface area contributed by atoms with Crippen LogP contribution in [0.25, 0.3) is 0 Å². The molecule has 2 atom stereocenters. The fraction of sp³-hybridized carbons (Fsp3) is 0.368. The first-order valence-corrected chi connectivity index (χ1v) is 7.42. The van der Waals surface area contributed by atoms with Crippen molar-refractivity contribution >= 4 is 0 Å². The minimum Gasteiger partial charge on any atom is -0.497 e. The molecule has 1 aliphatic rings. The van der Waals surface area contributed by atoms with Crippen molar-refractivity contribution in [3.63, 3.8) is 0 Å². The number of ether oxygens (including phenoxy) is 1. The van der Waals surface area contributed by atoms with Gasteiger partial charge in [0.15, 0.2) is 0 Å². The van der Waals surface area contributed by atoms with E-state index in [1.807, 2.05) is 0 Å². The fourth-order valence-electron chi connectivity index (χ4n) is 3.37. The Balaban J connectivity index is 2.05. The molecule has 20 heavy (non-hydrogen) atoms. The lowest BCUT2D eigenvalue weighted by molar-refractivity contribution is 0.409. The summed E-state index contributed by atoms with van der Waals surface area (Å²) in [7, 11) is 1.74. The smallest absolute Gasteiger partial charge is 0.119 e. The summed E-state index contributed by atoms with van der Waals surface area (Å²) >= 11 is 0. The SMILES string of the molecule is COc1ccc2c(c1)CC[C@@H](C)[C@H]2c1ccc(C)cc1. The summed E-state index contributed by atoms with van der Waals surface area (Å²) in [6.07, 6.45) is 2.41. The van der Waals surface area contributed by atoms with Crippen LogP contribution in [-0.4, -0.2) is 7.11 Å². The topological polar surface area (TPSA) is 9.23 Å². The predicted octanol–water partition coefficient (Wildman–Crippen LogP) is 4.72. The van der Waals surface area contributed by atoms with Gasteiger partial charge in [0.1, 0.15) is 5.75 Å². The largest absolute Gasteiger partial charge is 0.497 e. The zero-order chi connectivity index (χ0) is 14.1. The Labute approximate surface area is 121 Å². The molecule has 104 valence electrons. The zero-order valence-corrected chi connectivity index (χ0v) is 12.5. The van der Waals surface area contributed by atoms with Crippen LogP contribution < -0.4 is 4.74 Å². The van der Waals surface area contributed by atoms with Gasteiger partial charge in [-0.3, -0.25) is 0 Å². The first kappa shape index (κ1) is 13.2. The monoisotopic (exact) mass is 266 g/mol. The van der Waals surface area contributed by atoms with Crippen molar-refractivity contribution in [2.75, 3.05) is 7.11 Å². The van der Waals surface area contributed by atoms with Crippen LogP contribution >= 0.6 is 0 Å². The van der Waals surface area contributed by atoms with Gasteiger partial charge in [-0.05, 0) is 54.5 Å². The Morgan fingerprint density at radius 3 is 2.50 bits per heavy atom. The normalized spacial score (nSPS) is 21.4. The van der Waals surface area contributed by atoms with Crippen LogP contribution in [0.1, 0.15) is 41.5 Å². The van der Waals surface area contributed by atoms with Gasteiger partial charge in [0.05, 0.1) is 7.11 Å². The summed E-state index contributed by atoms with van der Waals surface area (Å²) in [5.74, 6) is 2.19. The van der Waals surface area contributed by atoms with E-state index in [9.17, 15) is 0 Å². The zero-order valence-electron chi connectivity index (χ0n) is 12.5. The van der Waals surface area contributed by atoms with Crippen molar-refractivity contribution < 1.29 is 4.74 Å². The third-order valence-electron chi connectivity index (χ3n) is 4.56. The van der Waals surface area contributed by atoms with Crippen molar-refractivity contribution in [1.82, 2.24) is 0 Å². The molecule has 0 aromatic heterocycles. The minimum atomic E-state index is 0.519. The molecule has 0 fully saturated rings. The summed E-state index contributed by atoms with van der Waals surface area (Å²) in [5.41, 5.74) is 5.70. The predicted molar refractivity (Wildman–Crippen MR) is 83.5 cm³/mol. The first-order chi connectivity index (χ1) is 9.69. The van der Waals surface area contributed by atoms with Crippen LogP contribution in [-0.2, 0) is 6.42 Å². The second-order valence-corrected chi connectivity index (χ2v) is 5.97. The van der Waals surface area contributed by atoms with Crippen molar-refractivity contribution in [3.05, 3.63) is 64.7 Å². The molecule has 0 spiro atoms. The van der Waals surface area contributed by atoms with Gasteiger partial charge in [-0.2, -0.15) is 0 Å². The van der Waals surface area contributed by atoms with E-state index < -0.39 is 0 Å². The van der Waals surface area contributed by atoms with Gasteiger partial charge in [0.25, 0.3) is 0 Å². The molecule has 0 bridgehead atoms. The standard InChI is InChI=1S/C19H22O/c1-13-4-7-15(8-5-13)19-14(2)6-9-16-12-17(20-3)10-11-18(16)19/h4-5,7-8,10-12,14,19H,6,9H2,1-3H3/t14-,19+/m1/s1. The molecule has 1 aliphatic carbocycles. The second-order valence-electron chi connectivity index (χ2n) is 5.97. The summed E-state index contributed by atoms with van der Waals surface area (Å²) < 4.78 is 5.36. The molecule has 0 saturated heterocycles. The average Bonchev–Trinajstić information content (AvgIpc) is 2.48. The fourth-order valence-corrected chi connectivity index (χ4v) is 3.37. The van der Waals surface area contributed by atoms with Crippen LogP contribution in [0, 0.1) is 12.8 Å². The summed E-state index contributed by atoms with van der Waals surface area (Å²) in [6.45, 7) is 4.52. The maximum Gasteiger partial charge on any atom is 0.119 e. The number of fused-ring (bicyclic) bond motifs is 1.